The standard InChI is InChI=1S/C9H13N5/c1-7-4-11-9(2,3)14(5-7)8-10-6-12-13-8/h4-6H,1-3H3,(H,10,12,13). The third-order valence-corrected chi connectivity index (χ3v) is 2.14. The summed E-state index contributed by atoms with van der Waals surface area (Å²) in [7, 11) is 0. The highest BCUT2D eigenvalue weighted by Gasteiger charge is 2.28. The molecule has 0 fully saturated rings. The van der Waals surface area contributed by atoms with Gasteiger partial charge in [0.2, 0.25) is 5.95 Å². The third-order valence-electron chi connectivity index (χ3n) is 2.14. The largest absolute Gasteiger partial charge is 0.292 e. The van der Waals surface area contributed by atoms with E-state index in [1.165, 1.54) is 6.33 Å². The summed E-state index contributed by atoms with van der Waals surface area (Å²) in [6.07, 6.45) is 5.37. The van der Waals surface area contributed by atoms with Crippen molar-refractivity contribution in [2.45, 2.75) is 26.4 Å². The zero-order chi connectivity index (χ0) is 10.2. The first-order valence-electron chi connectivity index (χ1n) is 4.48. The lowest BCUT2D eigenvalue weighted by atomic mass is 10.1. The number of rotatable bonds is 1. The Balaban J connectivity index is 2.39. The van der Waals surface area contributed by atoms with Gasteiger partial charge in [0.25, 0.3) is 0 Å². The van der Waals surface area contributed by atoms with E-state index in [2.05, 4.69) is 20.2 Å². The van der Waals surface area contributed by atoms with Crippen LogP contribution in [0.1, 0.15) is 20.8 Å². The van der Waals surface area contributed by atoms with Gasteiger partial charge in [0, 0.05) is 12.4 Å². The van der Waals surface area contributed by atoms with Gasteiger partial charge in [-0.15, -0.1) is 0 Å². The monoisotopic (exact) mass is 191 g/mol. The predicted octanol–water partition coefficient (Wildman–Crippen LogP) is 1.34. The average Bonchev–Trinajstić information content (AvgIpc) is 2.62. The number of aromatic amines is 1. The van der Waals surface area contributed by atoms with E-state index in [0.29, 0.717) is 5.95 Å². The molecular weight excluding hydrogens is 178 g/mol. The summed E-state index contributed by atoms with van der Waals surface area (Å²) in [5.74, 6) is 0.714. The second-order valence-corrected chi connectivity index (χ2v) is 3.80. The molecule has 0 radical (unpaired) electrons. The number of hydrogen-bond donors (Lipinski definition) is 1. The second kappa shape index (κ2) is 2.94. The van der Waals surface area contributed by atoms with Crippen LogP contribution in [0.2, 0.25) is 0 Å². The van der Waals surface area contributed by atoms with E-state index in [9.17, 15) is 0 Å². The topological polar surface area (TPSA) is 57.2 Å². The molecular formula is C9H13N5. The Morgan fingerprint density at radius 2 is 2.21 bits per heavy atom. The molecule has 0 amide bonds. The molecule has 0 saturated heterocycles. The van der Waals surface area contributed by atoms with Gasteiger partial charge < -0.3 is 0 Å². The molecule has 0 unspecified atom stereocenters. The first-order chi connectivity index (χ1) is 6.59. The molecule has 1 aliphatic heterocycles. The quantitative estimate of drug-likeness (QED) is 0.728. The molecule has 5 heteroatoms. The minimum atomic E-state index is -0.307. The van der Waals surface area contributed by atoms with E-state index in [-0.39, 0.29) is 5.66 Å². The maximum atomic E-state index is 4.43. The van der Waals surface area contributed by atoms with E-state index in [0.717, 1.165) is 5.57 Å². The fraction of sp³-hybridized carbons (Fsp3) is 0.444. The molecule has 5 nitrogen and oxygen atoms in total. The van der Waals surface area contributed by atoms with Crippen molar-refractivity contribution in [3.05, 3.63) is 18.1 Å². The van der Waals surface area contributed by atoms with Gasteiger partial charge in [0.05, 0.1) is 0 Å². The normalized spacial score (nSPS) is 19.6. The summed E-state index contributed by atoms with van der Waals surface area (Å²) in [5.41, 5.74) is 0.791. The molecule has 0 spiro atoms. The molecule has 0 saturated carbocycles. The fourth-order valence-corrected chi connectivity index (χ4v) is 1.35. The average molecular weight is 191 g/mol. The van der Waals surface area contributed by atoms with Crippen molar-refractivity contribution in [2.75, 3.05) is 4.90 Å². The van der Waals surface area contributed by atoms with E-state index < -0.39 is 0 Å². The number of H-pyrrole nitrogens is 1. The van der Waals surface area contributed by atoms with Gasteiger partial charge in [0.1, 0.15) is 12.0 Å². The van der Waals surface area contributed by atoms with Crippen LogP contribution < -0.4 is 4.90 Å². The fourth-order valence-electron chi connectivity index (χ4n) is 1.35. The number of allylic oxidation sites excluding steroid dienone is 1. The van der Waals surface area contributed by atoms with Gasteiger partial charge in [-0.05, 0) is 26.3 Å². The molecule has 1 aromatic heterocycles. The molecule has 1 N–H and O–H groups in total. The summed E-state index contributed by atoms with van der Waals surface area (Å²) in [5, 5.41) is 6.66. The molecule has 74 valence electrons. The Morgan fingerprint density at radius 1 is 1.43 bits per heavy atom. The Morgan fingerprint density at radius 3 is 2.86 bits per heavy atom. The maximum absolute atomic E-state index is 4.43. The highest BCUT2D eigenvalue weighted by atomic mass is 15.4. The van der Waals surface area contributed by atoms with Gasteiger partial charge >= 0.3 is 0 Å². The Labute approximate surface area is 82.6 Å². The smallest absolute Gasteiger partial charge is 0.227 e. The lowest BCUT2D eigenvalue weighted by Crippen LogP contribution is -2.41. The Hall–Kier alpha value is -1.65. The summed E-state index contributed by atoms with van der Waals surface area (Å²) in [6.45, 7) is 6.05. The molecule has 0 atom stereocenters. The van der Waals surface area contributed by atoms with Gasteiger partial charge in [-0.25, -0.2) is 5.10 Å². The molecule has 0 aliphatic carbocycles. The van der Waals surface area contributed by atoms with Crippen LogP contribution in [-0.4, -0.2) is 27.1 Å². The number of anilines is 1. The predicted molar refractivity (Wildman–Crippen MR) is 55.2 cm³/mol. The van der Waals surface area contributed by atoms with Crippen LogP contribution >= 0.6 is 0 Å². The van der Waals surface area contributed by atoms with E-state index in [4.69, 9.17) is 0 Å². The van der Waals surface area contributed by atoms with Crippen molar-refractivity contribution in [1.29, 1.82) is 0 Å². The number of aliphatic imine (C=N–C) groups is 1. The molecule has 0 aromatic carbocycles. The Kier molecular flexibility index (Phi) is 1.87. The number of nitrogens with zero attached hydrogens (tertiary/aromatic N) is 4. The van der Waals surface area contributed by atoms with E-state index >= 15 is 0 Å². The van der Waals surface area contributed by atoms with Crippen molar-refractivity contribution >= 4 is 12.2 Å². The van der Waals surface area contributed by atoms with Crippen molar-refractivity contribution < 1.29 is 0 Å². The van der Waals surface area contributed by atoms with Crippen LogP contribution in [0, 0.1) is 0 Å². The molecule has 1 aliphatic rings. The third kappa shape index (κ3) is 1.41. The molecule has 0 bridgehead atoms. The van der Waals surface area contributed by atoms with Gasteiger partial charge in [0.15, 0.2) is 0 Å². The second-order valence-electron chi connectivity index (χ2n) is 3.80. The van der Waals surface area contributed by atoms with Crippen molar-refractivity contribution in [1.82, 2.24) is 15.2 Å². The number of aromatic nitrogens is 3. The van der Waals surface area contributed by atoms with Crippen molar-refractivity contribution in [2.24, 2.45) is 4.99 Å². The van der Waals surface area contributed by atoms with Crippen LogP contribution in [-0.2, 0) is 0 Å². The van der Waals surface area contributed by atoms with Crippen molar-refractivity contribution in [3.8, 4) is 0 Å². The summed E-state index contributed by atoms with van der Waals surface area (Å²) in [6, 6.07) is 0. The minimum Gasteiger partial charge on any atom is -0.292 e. The van der Waals surface area contributed by atoms with Gasteiger partial charge in [-0.2, -0.15) is 10.1 Å². The summed E-state index contributed by atoms with van der Waals surface area (Å²) < 4.78 is 0. The Bertz CT molecular complexity index is 374. The van der Waals surface area contributed by atoms with E-state index in [1.807, 2.05) is 38.1 Å². The van der Waals surface area contributed by atoms with Crippen LogP contribution in [0.15, 0.2) is 23.1 Å². The zero-order valence-corrected chi connectivity index (χ0v) is 8.52. The van der Waals surface area contributed by atoms with Gasteiger partial charge in [-0.1, -0.05) is 0 Å². The minimum absolute atomic E-state index is 0.307. The molecule has 2 rings (SSSR count). The van der Waals surface area contributed by atoms with Crippen LogP contribution in [0.5, 0.6) is 0 Å². The molecule has 2 heterocycles. The SMILES string of the molecule is CC1=CN(c2ncn[nH]2)C(C)(C)N=C1. The first kappa shape index (κ1) is 8.93. The van der Waals surface area contributed by atoms with Crippen LogP contribution in [0.25, 0.3) is 0 Å². The zero-order valence-electron chi connectivity index (χ0n) is 8.52. The summed E-state index contributed by atoms with van der Waals surface area (Å²) in [4.78, 5) is 10.5. The highest BCUT2D eigenvalue weighted by molar-refractivity contribution is 5.80. The van der Waals surface area contributed by atoms with Crippen LogP contribution in [0.3, 0.4) is 0 Å². The number of nitrogens with one attached hydrogen (secondary N) is 1. The first-order valence-corrected chi connectivity index (χ1v) is 4.48. The van der Waals surface area contributed by atoms with Crippen molar-refractivity contribution in [3.63, 3.8) is 0 Å². The highest BCUT2D eigenvalue weighted by Crippen LogP contribution is 2.25. The number of hydrogen-bond acceptors (Lipinski definition) is 4. The molecule has 1 aromatic rings. The van der Waals surface area contributed by atoms with Crippen LogP contribution in [0.4, 0.5) is 5.95 Å². The summed E-state index contributed by atoms with van der Waals surface area (Å²) >= 11 is 0. The van der Waals surface area contributed by atoms with E-state index in [1.54, 1.807) is 0 Å². The van der Waals surface area contributed by atoms with Gasteiger partial charge in [-0.3, -0.25) is 9.89 Å². The maximum Gasteiger partial charge on any atom is 0.227 e. The molecule has 14 heavy (non-hydrogen) atoms. The lowest BCUT2D eigenvalue weighted by Gasteiger charge is -2.34. The lowest BCUT2D eigenvalue weighted by molar-refractivity contribution is 0.516.